The summed E-state index contributed by atoms with van der Waals surface area (Å²) in [4.78, 5) is 2.29. The van der Waals surface area contributed by atoms with Crippen LogP contribution in [0.4, 0.5) is 0 Å². The minimum atomic E-state index is 0.497. The second-order valence-corrected chi connectivity index (χ2v) is 3.58. The summed E-state index contributed by atoms with van der Waals surface area (Å²) in [6.07, 6.45) is 1.63. The number of rotatable bonds is 6. The Labute approximate surface area is 81.9 Å². The molecule has 0 amide bonds. The Hall–Kier alpha value is -0.810. The molecule has 0 aliphatic rings. The summed E-state index contributed by atoms with van der Waals surface area (Å²) in [5.41, 5.74) is 1.24. The molecule has 0 rings (SSSR count). The van der Waals surface area contributed by atoms with Crippen LogP contribution in [0.5, 0.6) is 0 Å². The monoisotopic (exact) mass is 180 g/mol. The Morgan fingerprint density at radius 2 is 2.15 bits per heavy atom. The van der Waals surface area contributed by atoms with E-state index >= 15 is 0 Å². The molecule has 0 aromatic heterocycles. The van der Waals surface area contributed by atoms with Crippen LogP contribution >= 0.6 is 0 Å². The first-order valence-corrected chi connectivity index (χ1v) is 4.89. The van der Waals surface area contributed by atoms with Crippen LogP contribution in [-0.4, -0.2) is 24.0 Å². The molecule has 0 radical (unpaired) electrons. The Bertz CT molecular complexity index is 189. The molecular formula is C11H20N2. The van der Waals surface area contributed by atoms with Crippen molar-refractivity contribution in [3.05, 3.63) is 12.2 Å². The predicted molar refractivity (Wildman–Crippen MR) is 56.4 cm³/mol. The van der Waals surface area contributed by atoms with Crippen LogP contribution in [0.25, 0.3) is 0 Å². The molecule has 0 unspecified atom stereocenters. The van der Waals surface area contributed by atoms with Gasteiger partial charge in [0.2, 0.25) is 0 Å². The fourth-order valence-corrected chi connectivity index (χ4v) is 1.11. The highest BCUT2D eigenvalue weighted by Crippen LogP contribution is 2.05. The van der Waals surface area contributed by atoms with E-state index in [0.29, 0.717) is 12.5 Å². The van der Waals surface area contributed by atoms with Crippen molar-refractivity contribution in [2.75, 3.05) is 13.1 Å². The zero-order valence-electron chi connectivity index (χ0n) is 9.01. The second kappa shape index (κ2) is 6.68. The van der Waals surface area contributed by atoms with Crippen LogP contribution in [-0.2, 0) is 0 Å². The standard InChI is InChI=1S/C11H20N2/c1-5-11(4)9-13(10(2)3)8-6-7-12/h10H,4-6,8-9H2,1-3H3. The third kappa shape index (κ3) is 5.43. The van der Waals surface area contributed by atoms with Crippen molar-refractivity contribution in [1.29, 1.82) is 5.26 Å². The van der Waals surface area contributed by atoms with E-state index in [9.17, 15) is 0 Å². The molecule has 0 saturated heterocycles. The van der Waals surface area contributed by atoms with Gasteiger partial charge in [-0.25, -0.2) is 0 Å². The van der Waals surface area contributed by atoms with E-state index in [4.69, 9.17) is 5.26 Å². The number of hydrogen-bond acceptors (Lipinski definition) is 2. The van der Waals surface area contributed by atoms with E-state index in [2.05, 4.69) is 38.3 Å². The Morgan fingerprint density at radius 1 is 1.54 bits per heavy atom. The van der Waals surface area contributed by atoms with Crippen molar-refractivity contribution < 1.29 is 0 Å². The fraction of sp³-hybridized carbons (Fsp3) is 0.727. The first-order valence-electron chi connectivity index (χ1n) is 4.89. The lowest BCUT2D eigenvalue weighted by molar-refractivity contribution is 0.245. The number of hydrogen-bond donors (Lipinski definition) is 0. The van der Waals surface area contributed by atoms with Gasteiger partial charge in [0.15, 0.2) is 0 Å². The van der Waals surface area contributed by atoms with E-state index in [1.807, 2.05) is 0 Å². The third-order valence-corrected chi connectivity index (χ3v) is 2.17. The quantitative estimate of drug-likeness (QED) is 0.587. The van der Waals surface area contributed by atoms with Crippen molar-refractivity contribution in [3.63, 3.8) is 0 Å². The van der Waals surface area contributed by atoms with Gasteiger partial charge in [-0.05, 0) is 20.3 Å². The molecule has 0 atom stereocenters. The Kier molecular flexibility index (Phi) is 6.26. The maximum Gasteiger partial charge on any atom is 0.0635 e. The van der Waals surface area contributed by atoms with Crippen molar-refractivity contribution in [2.45, 2.75) is 39.7 Å². The van der Waals surface area contributed by atoms with E-state index in [1.165, 1.54) is 5.57 Å². The number of nitriles is 1. The van der Waals surface area contributed by atoms with E-state index < -0.39 is 0 Å². The molecule has 74 valence electrons. The van der Waals surface area contributed by atoms with Gasteiger partial charge in [0, 0.05) is 25.6 Å². The third-order valence-electron chi connectivity index (χ3n) is 2.17. The lowest BCUT2D eigenvalue weighted by Gasteiger charge is -2.25. The highest BCUT2D eigenvalue weighted by atomic mass is 15.1. The lowest BCUT2D eigenvalue weighted by Crippen LogP contribution is -2.33. The minimum absolute atomic E-state index is 0.497. The smallest absolute Gasteiger partial charge is 0.0635 e. The van der Waals surface area contributed by atoms with Crippen LogP contribution in [0.2, 0.25) is 0 Å². The average molecular weight is 180 g/mol. The predicted octanol–water partition coefficient (Wildman–Crippen LogP) is 2.58. The molecule has 0 aliphatic carbocycles. The first-order chi connectivity index (χ1) is 6.11. The van der Waals surface area contributed by atoms with Gasteiger partial charge in [-0.2, -0.15) is 5.26 Å². The molecule has 0 saturated carbocycles. The summed E-state index contributed by atoms with van der Waals surface area (Å²) in [7, 11) is 0. The van der Waals surface area contributed by atoms with Gasteiger partial charge < -0.3 is 0 Å². The van der Waals surface area contributed by atoms with Gasteiger partial charge in [-0.1, -0.05) is 19.1 Å². The van der Waals surface area contributed by atoms with Crippen molar-refractivity contribution in [1.82, 2.24) is 4.90 Å². The summed E-state index contributed by atoms with van der Waals surface area (Å²) in [6.45, 7) is 12.2. The summed E-state index contributed by atoms with van der Waals surface area (Å²) < 4.78 is 0. The zero-order chi connectivity index (χ0) is 10.3. The zero-order valence-corrected chi connectivity index (χ0v) is 9.01. The summed E-state index contributed by atoms with van der Waals surface area (Å²) in [5.74, 6) is 0. The lowest BCUT2D eigenvalue weighted by atomic mass is 10.2. The molecule has 0 fully saturated rings. The normalized spacial score (nSPS) is 10.5. The molecule has 2 heteroatoms. The average Bonchev–Trinajstić information content (AvgIpc) is 2.11. The number of nitrogens with zero attached hydrogens (tertiary/aromatic N) is 2. The van der Waals surface area contributed by atoms with E-state index in [-0.39, 0.29) is 0 Å². The molecule has 0 bridgehead atoms. The van der Waals surface area contributed by atoms with Crippen LogP contribution in [0, 0.1) is 11.3 Å². The van der Waals surface area contributed by atoms with E-state index in [0.717, 1.165) is 19.5 Å². The molecule has 0 N–H and O–H groups in total. The molecule has 0 aliphatic heterocycles. The van der Waals surface area contributed by atoms with Crippen LogP contribution in [0.15, 0.2) is 12.2 Å². The largest absolute Gasteiger partial charge is 0.296 e. The highest BCUT2D eigenvalue weighted by molar-refractivity contribution is 4.96. The minimum Gasteiger partial charge on any atom is -0.296 e. The Morgan fingerprint density at radius 3 is 2.54 bits per heavy atom. The molecule has 2 nitrogen and oxygen atoms in total. The second-order valence-electron chi connectivity index (χ2n) is 3.58. The molecule has 0 spiro atoms. The summed E-state index contributed by atoms with van der Waals surface area (Å²) in [6, 6.07) is 2.67. The topological polar surface area (TPSA) is 27.0 Å². The maximum atomic E-state index is 8.49. The van der Waals surface area contributed by atoms with Gasteiger partial charge in [-0.15, -0.1) is 0 Å². The van der Waals surface area contributed by atoms with Gasteiger partial charge in [0.05, 0.1) is 6.07 Å². The van der Waals surface area contributed by atoms with Gasteiger partial charge in [0.1, 0.15) is 0 Å². The highest BCUT2D eigenvalue weighted by Gasteiger charge is 2.08. The molecule has 0 aromatic rings. The fourth-order valence-electron chi connectivity index (χ4n) is 1.11. The SMILES string of the molecule is C=C(CC)CN(CCC#N)C(C)C. The van der Waals surface area contributed by atoms with Crippen LogP contribution in [0.3, 0.4) is 0 Å². The van der Waals surface area contributed by atoms with Crippen molar-refractivity contribution in [2.24, 2.45) is 0 Å². The van der Waals surface area contributed by atoms with E-state index in [1.54, 1.807) is 0 Å². The van der Waals surface area contributed by atoms with Crippen molar-refractivity contribution in [3.8, 4) is 6.07 Å². The van der Waals surface area contributed by atoms with Crippen LogP contribution < -0.4 is 0 Å². The first kappa shape index (κ1) is 12.2. The molecule has 13 heavy (non-hydrogen) atoms. The van der Waals surface area contributed by atoms with Gasteiger partial charge >= 0.3 is 0 Å². The van der Waals surface area contributed by atoms with Crippen LogP contribution in [0.1, 0.15) is 33.6 Å². The van der Waals surface area contributed by atoms with Crippen molar-refractivity contribution >= 4 is 0 Å². The summed E-state index contributed by atoms with van der Waals surface area (Å²) in [5, 5.41) is 8.49. The Balaban J connectivity index is 3.95. The summed E-state index contributed by atoms with van der Waals surface area (Å²) >= 11 is 0. The van der Waals surface area contributed by atoms with Gasteiger partial charge in [-0.3, -0.25) is 4.90 Å². The van der Waals surface area contributed by atoms with Gasteiger partial charge in [0.25, 0.3) is 0 Å². The molecule has 0 heterocycles. The molecular weight excluding hydrogens is 160 g/mol. The maximum absolute atomic E-state index is 8.49. The molecule has 0 aromatic carbocycles.